The van der Waals surface area contributed by atoms with Crippen molar-refractivity contribution in [2.75, 3.05) is 13.2 Å². The van der Waals surface area contributed by atoms with Crippen molar-refractivity contribution in [3.8, 4) is 0 Å². The van der Waals surface area contributed by atoms with Gasteiger partial charge in [-0.05, 0) is 77.0 Å². The highest BCUT2D eigenvalue weighted by molar-refractivity contribution is 7.47. The highest BCUT2D eigenvalue weighted by Crippen LogP contribution is 2.49. The van der Waals surface area contributed by atoms with E-state index in [1.54, 1.807) is 0 Å². The van der Waals surface area contributed by atoms with Gasteiger partial charge in [0.1, 0.15) is 43.2 Å². The molecule has 0 aromatic carbocycles. The molecular weight excluding hydrogens is 882 g/mol. The molecule has 0 aliphatic heterocycles. The number of unbranched alkanes of at least 4 members (excludes halogenated alkanes) is 15. The Hall–Kier alpha value is -2.30. The molecule has 0 aromatic rings. The summed E-state index contributed by atoms with van der Waals surface area (Å²) in [7, 11) is -10.7. The zero-order chi connectivity index (χ0) is 48.2. The van der Waals surface area contributed by atoms with Gasteiger partial charge in [0.2, 0.25) is 0 Å². The predicted octanol–water partition coefficient (Wildman–Crippen LogP) is 9.06. The minimum atomic E-state index is -5.37. The average Bonchev–Trinajstić information content (AvgIpc) is 3.26. The zero-order valence-corrected chi connectivity index (χ0v) is 40.7. The van der Waals surface area contributed by atoms with Crippen molar-refractivity contribution in [1.82, 2.24) is 0 Å². The zero-order valence-electron chi connectivity index (χ0n) is 38.9. The third-order valence-corrected chi connectivity index (χ3v) is 12.1. The molecule has 5 unspecified atom stereocenters. The molecule has 18 heteroatoms. The molecule has 1 saturated carbocycles. The molecule has 0 aromatic heterocycles. The molecule has 376 valence electrons. The molecular formula is C47H82O16P2. The molecule has 1 fully saturated rings. The van der Waals surface area contributed by atoms with E-state index in [1.807, 2.05) is 0 Å². The molecule has 7 N–H and O–H groups in total. The minimum Gasteiger partial charge on any atom is -0.462 e. The SMILES string of the molecule is CC/C=C\C/C=C\C/C=C\C/C=C\CCCCCCC(=O)O[C@H](COC(=O)CCCCCCC/C=C\CCCCCCCC)COP(=O)(O)O[C@H]1C(O)C(O)C(O)[C@@H](OP(=O)(O)O)C1O. The van der Waals surface area contributed by atoms with Crippen LogP contribution < -0.4 is 0 Å². The van der Waals surface area contributed by atoms with Crippen LogP contribution >= 0.6 is 15.6 Å². The van der Waals surface area contributed by atoms with Crippen molar-refractivity contribution in [1.29, 1.82) is 0 Å². The predicted molar refractivity (Wildman–Crippen MR) is 250 cm³/mol. The van der Waals surface area contributed by atoms with Crippen LogP contribution in [0.5, 0.6) is 0 Å². The fourth-order valence-electron chi connectivity index (χ4n) is 6.89. The quantitative estimate of drug-likeness (QED) is 0.0131. The van der Waals surface area contributed by atoms with Gasteiger partial charge in [0.15, 0.2) is 6.10 Å². The molecule has 0 radical (unpaired) electrons. The van der Waals surface area contributed by atoms with Crippen LogP contribution in [0, 0.1) is 0 Å². The summed E-state index contributed by atoms with van der Waals surface area (Å²) in [5, 5.41) is 41.2. The number of aliphatic hydroxyl groups is 4. The number of rotatable bonds is 39. The Labute approximate surface area is 388 Å². The molecule has 0 spiro atoms. The van der Waals surface area contributed by atoms with Crippen LogP contribution in [-0.2, 0) is 41.8 Å². The number of phosphoric acid groups is 2. The van der Waals surface area contributed by atoms with E-state index in [2.05, 4.69) is 79.1 Å². The maximum atomic E-state index is 13.0. The van der Waals surface area contributed by atoms with Crippen molar-refractivity contribution in [3.05, 3.63) is 60.8 Å². The van der Waals surface area contributed by atoms with E-state index < -0.39 is 83.5 Å². The van der Waals surface area contributed by atoms with E-state index in [4.69, 9.17) is 18.5 Å². The van der Waals surface area contributed by atoms with Gasteiger partial charge < -0.3 is 44.6 Å². The van der Waals surface area contributed by atoms with Gasteiger partial charge in [0, 0.05) is 12.8 Å². The van der Waals surface area contributed by atoms with Gasteiger partial charge in [0.25, 0.3) is 0 Å². The molecule has 0 heterocycles. The molecule has 16 nitrogen and oxygen atoms in total. The second-order valence-electron chi connectivity index (χ2n) is 16.4. The topological polar surface area (TPSA) is 256 Å². The molecule has 1 aliphatic carbocycles. The Balaban J connectivity index is 2.62. The van der Waals surface area contributed by atoms with Crippen molar-refractivity contribution in [3.63, 3.8) is 0 Å². The van der Waals surface area contributed by atoms with Crippen molar-refractivity contribution in [2.24, 2.45) is 0 Å². The number of hydrogen-bond donors (Lipinski definition) is 7. The van der Waals surface area contributed by atoms with Crippen LogP contribution in [0.15, 0.2) is 60.8 Å². The smallest absolute Gasteiger partial charge is 0.462 e. The highest BCUT2D eigenvalue weighted by atomic mass is 31.2. The first kappa shape index (κ1) is 60.7. The Morgan fingerprint density at radius 2 is 0.938 bits per heavy atom. The van der Waals surface area contributed by atoms with E-state index in [0.717, 1.165) is 89.9 Å². The lowest BCUT2D eigenvalue weighted by molar-refractivity contribution is -0.216. The van der Waals surface area contributed by atoms with Crippen LogP contribution in [0.1, 0.15) is 168 Å². The fraction of sp³-hybridized carbons (Fsp3) is 0.745. The van der Waals surface area contributed by atoms with Crippen molar-refractivity contribution in [2.45, 2.75) is 211 Å². The normalized spacial score (nSPS) is 22.2. The summed E-state index contributed by atoms with van der Waals surface area (Å²) in [6.45, 7) is 2.96. The Morgan fingerprint density at radius 1 is 0.508 bits per heavy atom. The van der Waals surface area contributed by atoms with E-state index in [-0.39, 0.29) is 12.8 Å². The Bertz CT molecular complexity index is 1490. The number of phosphoric ester groups is 2. The largest absolute Gasteiger partial charge is 0.472 e. The van der Waals surface area contributed by atoms with Crippen molar-refractivity contribution < 1.29 is 76.9 Å². The Kier molecular flexibility index (Phi) is 35.2. The molecule has 65 heavy (non-hydrogen) atoms. The number of carbonyl (C=O) groups excluding carboxylic acids is 2. The summed E-state index contributed by atoms with van der Waals surface area (Å²) in [4.78, 5) is 54.3. The van der Waals surface area contributed by atoms with E-state index in [9.17, 15) is 53.8 Å². The lowest BCUT2D eigenvalue weighted by Crippen LogP contribution is -2.64. The summed E-state index contributed by atoms with van der Waals surface area (Å²) < 4.78 is 49.4. The lowest BCUT2D eigenvalue weighted by Gasteiger charge is -2.43. The molecule has 0 bridgehead atoms. The first-order valence-electron chi connectivity index (χ1n) is 23.8. The van der Waals surface area contributed by atoms with Gasteiger partial charge in [-0.3, -0.25) is 23.2 Å². The summed E-state index contributed by atoms with van der Waals surface area (Å²) in [6.07, 6.45) is 28.9. The van der Waals surface area contributed by atoms with Crippen LogP contribution in [0.2, 0.25) is 0 Å². The summed E-state index contributed by atoms with van der Waals surface area (Å²) in [5.41, 5.74) is 0. The number of esters is 2. The van der Waals surface area contributed by atoms with Gasteiger partial charge in [-0.1, -0.05) is 139 Å². The van der Waals surface area contributed by atoms with Crippen LogP contribution in [0.25, 0.3) is 0 Å². The summed E-state index contributed by atoms with van der Waals surface area (Å²) in [5.74, 6) is -1.25. The first-order chi connectivity index (χ1) is 31.1. The van der Waals surface area contributed by atoms with Crippen LogP contribution in [0.4, 0.5) is 0 Å². The van der Waals surface area contributed by atoms with Crippen LogP contribution in [0.3, 0.4) is 0 Å². The molecule has 8 atom stereocenters. The van der Waals surface area contributed by atoms with Gasteiger partial charge in [0.05, 0.1) is 6.61 Å². The third-order valence-electron chi connectivity index (χ3n) is 10.6. The Morgan fingerprint density at radius 3 is 1.45 bits per heavy atom. The molecule has 1 rings (SSSR count). The maximum absolute atomic E-state index is 13.0. The number of ether oxygens (including phenoxy) is 2. The molecule has 0 saturated heterocycles. The lowest BCUT2D eigenvalue weighted by atomic mass is 9.85. The third kappa shape index (κ3) is 32.2. The van der Waals surface area contributed by atoms with E-state index in [1.165, 1.54) is 38.5 Å². The monoisotopic (exact) mass is 965 g/mol. The number of carbonyl (C=O) groups is 2. The molecule has 1 aliphatic rings. The minimum absolute atomic E-state index is 0.0122. The highest BCUT2D eigenvalue weighted by Gasteiger charge is 2.54. The second kappa shape index (κ2) is 37.7. The summed E-state index contributed by atoms with van der Waals surface area (Å²) in [6, 6.07) is 0. The molecule has 0 amide bonds. The van der Waals surface area contributed by atoms with Crippen molar-refractivity contribution >= 4 is 27.6 Å². The number of allylic oxidation sites excluding steroid dienone is 10. The number of hydrogen-bond acceptors (Lipinski definition) is 13. The first-order valence-corrected chi connectivity index (χ1v) is 26.9. The van der Waals surface area contributed by atoms with Gasteiger partial charge in [-0.2, -0.15) is 0 Å². The maximum Gasteiger partial charge on any atom is 0.472 e. The van der Waals surface area contributed by atoms with Gasteiger partial charge in [-0.25, -0.2) is 9.13 Å². The van der Waals surface area contributed by atoms with Gasteiger partial charge >= 0.3 is 27.6 Å². The van der Waals surface area contributed by atoms with Crippen LogP contribution in [-0.4, -0.2) is 103 Å². The van der Waals surface area contributed by atoms with E-state index >= 15 is 0 Å². The second-order valence-corrected chi connectivity index (χ2v) is 19.0. The summed E-state index contributed by atoms with van der Waals surface area (Å²) >= 11 is 0. The average molecular weight is 965 g/mol. The standard InChI is InChI=1S/C47H82O16P2/c1-3-5-7-9-11-13-15-17-19-20-22-24-26-28-30-32-34-36-41(49)61-39(37-59-40(48)35-33-31-29-27-25-23-21-18-16-14-12-10-8-6-4-2)38-60-65(57,58)63-47-44(52)42(50)43(51)46(45(47)53)62-64(54,55)56/h5,7,11,13,17-19,21-22,24,39,42-47,50-53H,3-4,6,8-10,12,14-16,20,23,25-38H2,1-2H3,(H,57,58)(H2,54,55,56)/b7-5-,13-11-,19-17-,21-18-,24-22-/t39-,42?,43?,44?,45?,46-,47+/m1/s1. The van der Waals surface area contributed by atoms with E-state index in [0.29, 0.717) is 12.8 Å². The number of aliphatic hydroxyl groups excluding tert-OH is 4. The van der Waals surface area contributed by atoms with Gasteiger partial charge in [-0.15, -0.1) is 0 Å². The fourth-order valence-corrected chi connectivity index (χ4v) is 8.43.